The van der Waals surface area contributed by atoms with E-state index in [2.05, 4.69) is 30.7 Å². The third kappa shape index (κ3) is 3.39. The first-order valence-electron chi connectivity index (χ1n) is 8.41. The SMILES string of the molecule is OC(Cn1cnnn1)(c1ccc(Cl)cc1F)C(F)(F)c1ccc(-n2nccn2)cn1. The van der Waals surface area contributed by atoms with Gasteiger partial charge < -0.3 is 5.11 Å². The minimum Gasteiger partial charge on any atom is -0.377 e. The Morgan fingerprint density at radius 1 is 1.10 bits per heavy atom. The summed E-state index contributed by atoms with van der Waals surface area (Å²) in [6.07, 6.45) is 4.96. The molecule has 3 heterocycles. The van der Waals surface area contributed by atoms with Crippen LogP contribution in [-0.2, 0) is 18.1 Å². The summed E-state index contributed by atoms with van der Waals surface area (Å²) in [5.41, 5.74) is -4.26. The first-order chi connectivity index (χ1) is 14.3. The molecule has 0 aliphatic carbocycles. The summed E-state index contributed by atoms with van der Waals surface area (Å²) in [7, 11) is 0. The number of alkyl halides is 2. The molecular formula is C17H12ClF3N8O. The molecule has 0 aliphatic rings. The van der Waals surface area contributed by atoms with Gasteiger partial charge in [0.1, 0.15) is 23.5 Å². The zero-order valence-corrected chi connectivity index (χ0v) is 15.7. The lowest BCUT2D eigenvalue weighted by Gasteiger charge is -2.35. The van der Waals surface area contributed by atoms with Crippen molar-refractivity contribution in [3.63, 3.8) is 0 Å². The molecule has 3 aromatic heterocycles. The van der Waals surface area contributed by atoms with Crippen LogP contribution in [0.3, 0.4) is 0 Å². The van der Waals surface area contributed by atoms with E-state index >= 15 is 8.78 Å². The molecule has 30 heavy (non-hydrogen) atoms. The number of benzene rings is 1. The number of pyridine rings is 1. The van der Waals surface area contributed by atoms with Gasteiger partial charge in [-0.1, -0.05) is 17.7 Å². The Labute approximate surface area is 171 Å². The largest absolute Gasteiger partial charge is 0.377 e. The molecule has 0 amide bonds. The molecule has 1 atom stereocenters. The second-order valence-electron chi connectivity index (χ2n) is 6.29. The van der Waals surface area contributed by atoms with Crippen LogP contribution in [0.15, 0.2) is 55.2 Å². The van der Waals surface area contributed by atoms with Crippen molar-refractivity contribution in [3.05, 3.63) is 77.3 Å². The quantitative estimate of drug-likeness (QED) is 0.493. The fourth-order valence-electron chi connectivity index (χ4n) is 2.92. The molecule has 0 aliphatic heterocycles. The second-order valence-corrected chi connectivity index (χ2v) is 6.72. The van der Waals surface area contributed by atoms with Gasteiger partial charge in [0, 0.05) is 10.6 Å². The highest BCUT2D eigenvalue weighted by Crippen LogP contribution is 2.46. The molecule has 1 aromatic carbocycles. The molecule has 154 valence electrons. The van der Waals surface area contributed by atoms with Crippen LogP contribution in [-0.4, -0.2) is 45.3 Å². The average Bonchev–Trinajstić information content (AvgIpc) is 3.42. The normalized spacial score (nSPS) is 13.9. The molecular weight excluding hydrogens is 425 g/mol. The number of tetrazole rings is 1. The van der Waals surface area contributed by atoms with E-state index in [0.29, 0.717) is 5.69 Å². The minimum atomic E-state index is -4.05. The summed E-state index contributed by atoms with van der Waals surface area (Å²) in [6.45, 7) is -0.851. The smallest absolute Gasteiger partial charge is 0.323 e. The maximum atomic E-state index is 15.6. The first kappa shape index (κ1) is 19.9. The number of hydrogen-bond acceptors (Lipinski definition) is 7. The molecule has 13 heteroatoms. The number of aromatic nitrogens is 8. The van der Waals surface area contributed by atoms with Crippen molar-refractivity contribution in [1.82, 2.24) is 40.2 Å². The molecule has 1 unspecified atom stereocenters. The zero-order valence-electron chi connectivity index (χ0n) is 14.9. The Kier molecular flexibility index (Phi) is 4.95. The molecule has 0 spiro atoms. The highest BCUT2D eigenvalue weighted by Gasteiger charge is 2.57. The van der Waals surface area contributed by atoms with E-state index in [1.807, 2.05) is 0 Å². The predicted octanol–water partition coefficient (Wildman–Crippen LogP) is 2.12. The van der Waals surface area contributed by atoms with Crippen molar-refractivity contribution >= 4 is 11.6 Å². The highest BCUT2D eigenvalue weighted by molar-refractivity contribution is 6.30. The van der Waals surface area contributed by atoms with Gasteiger partial charge in [-0.3, -0.25) is 4.98 Å². The Bertz CT molecular complexity index is 1140. The number of aliphatic hydroxyl groups is 1. The maximum absolute atomic E-state index is 15.6. The van der Waals surface area contributed by atoms with Crippen molar-refractivity contribution in [2.75, 3.05) is 0 Å². The number of rotatable bonds is 6. The Morgan fingerprint density at radius 3 is 2.47 bits per heavy atom. The summed E-state index contributed by atoms with van der Waals surface area (Å²) in [4.78, 5) is 4.94. The lowest BCUT2D eigenvalue weighted by Crippen LogP contribution is -2.48. The molecule has 0 bridgehead atoms. The Hall–Kier alpha value is -3.38. The van der Waals surface area contributed by atoms with Gasteiger partial charge in [0.15, 0.2) is 5.60 Å². The monoisotopic (exact) mass is 436 g/mol. The van der Waals surface area contributed by atoms with Crippen LogP contribution in [0, 0.1) is 5.82 Å². The van der Waals surface area contributed by atoms with E-state index in [0.717, 1.165) is 35.4 Å². The van der Waals surface area contributed by atoms with E-state index < -0.39 is 35.1 Å². The van der Waals surface area contributed by atoms with Crippen molar-refractivity contribution in [1.29, 1.82) is 0 Å². The van der Waals surface area contributed by atoms with Crippen LogP contribution in [0.4, 0.5) is 13.2 Å². The highest BCUT2D eigenvalue weighted by atomic mass is 35.5. The van der Waals surface area contributed by atoms with Gasteiger partial charge >= 0.3 is 5.92 Å². The number of halogens is 4. The molecule has 4 aromatic rings. The van der Waals surface area contributed by atoms with Gasteiger partial charge in [0.05, 0.1) is 25.1 Å². The van der Waals surface area contributed by atoms with Gasteiger partial charge in [0.2, 0.25) is 0 Å². The van der Waals surface area contributed by atoms with Crippen LogP contribution in [0.25, 0.3) is 5.69 Å². The number of hydrogen-bond donors (Lipinski definition) is 1. The van der Waals surface area contributed by atoms with E-state index in [9.17, 15) is 9.50 Å². The summed E-state index contributed by atoms with van der Waals surface area (Å²) < 4.78 is 46.7. The molecule has 0 saturated carbocycles. The van der Waals surface area contributed by atoms with Crippen LogP contribution >= 0.6 is 11.6 Å². The maximum Gasteiger partial charge on any atom is 0.323 e. The standard InChI is InChI=1S/C17H12ClF3N8O/c18-11-1-3-13(14(19)7-11)16(30,9-28-10-23-26-27-28)17(20,21)15-4-2-12(8-22-15)29-24-5-6-25-29/h1-8,10,30H,9H2. The van der Waals surface area contributed by atoms with Crippen molar-refractivity contribution in [2.45, 2.75) is 18.1 Å². The molecule has 9 nitrogen and oxygen atoms in total. The fraction of sp³-hybridized carbons (Fsp3) is 0.176. The lowest BCUT2D eigenvalue weighted by atomic mass is 9.84. The average molecular weight is 437 g/mol. The molecule has 4 rings (SSSR count). The van der Waals surface area contributed by atoms with Gasteiger partial charge in [-0.2, -0.15) is 23.8 Å². The lowest BCUT2D eigenvalue weighted by molar-refractivity contribution is -0.207. The van der Waals surface area contributed by atoms with Crippen molar-refractivity contribution < 1.29 is 18.3 Å². The van der Waals surface area contributed by atoms with Gasteiger partial charge in [0.25, 0.3) is 0 Å². The van der Waals surface area contributed by atoms with E-state index in [-0.39, 0.29) is 5.02 Å². The topological polar surface area (TPSA) is 107 Å². The zero-order chi connectivity index (χ0) is 21.4. The summed E-state index contributed by atoms with van der Waals surface area (Å²) in [5, 5.41) is 29.1. The van der Waals surface area contributed by atoms with Crippen LogP contribution in [0.2, 0.25) is 5.02 Å². The Balaban J connectivity index is 1.80. The molecule has 0 saturated heterocycles. The molecule has 1 N–H and O–H groups in total. The summed E-state index contributed by atoms with van der Waals surface area (Å²) in [6, 6.07) is 5.30. The summed E-state index contributed by atoms with van der Waals surface area (Å²) in [5.74, 6) is -5.17. The van der Waals surface area contributed by atoms with Gasteiger partial charge in [-0.05, 0) is 34.7 Å². The first-order valence-corrected chi connectivity index (χ1v) is 8.79. The Morgan fingerprint density at radius 2 is 1.87 bits per heavy atom. The van der Waals surface area contributed by atoms with Gasteiger partial charge in [-0.15, -0.1) is 5.10 Å². The fourth-order valence-corrected chi connectivity index (χ4v) is 3.08. The van der Waals surface area contributed by atoms with E-state index in [1.165, 1.54) is 29.3 Å². The van der Waals surface area contributed by atoms with Crippen LogP contribution < -0.4 is 0 Å². The van der Waals surface area contributed by atoms with E-state index in [1.54, 1.807) is 0 Å². The van der Waals surface area contributed by atoms with Gasteiger partial charge in [-0.25, -0.2) is 9.07 Å². The predicted molar refractivity (Wildman–Crippen MR) is 96.2 cm³/mol. The summed E-state index contributed by atoms with van der Waals surface area (Å²) >= 11 is 5.73. The third-order valence-electron chi connectivity index (χ3n) is 4.40. The minimum absolute atomic E-state index is 0.0152. The molecule has 0 radical (unpaired) electrons. The number of nitrogens with zero attached hydrogens (tertiary/aromatic N) is 8. The molecule has 0 fully saturated rings. The van der Waals surface area contributed by atoms with Crippen LogP contribution in [0.5, 0.6) is 0 Å². The van der Waals surface area contributed by atoms with Crippen molar-refractivity contribution in [2.24, 2.45) is 0 Å². The second kappa shape index (κ2) is 7.46. The van der Waals surface area contributed by atoms with E-state index in [4.69, 9.17) is 11.6 Å². The van der Waals surface area contributed by atoms with Crippen molar-refractivity contribution in [3.8, 4) is 5.69 Å². The van der Waals surface area contributed by atoms with Crippen LogP contribution in [0.1, 0.15) is 11.3 Å². The third-order valence-corrected chi connectivity index (χ3v) is 4.63.